The van der Waals surface area contributed by atoms with Crippen molar-refractivity contribution in [1.29, 1.82) is 0 Å². The summed E-state index contributed by atoms with van der Waals surface area (Å²) in [5.74, 6) is -18.3. The number of hydrogen-bond donors (Lipinski definition) is 12. The van der Waals surface area contributed by atoms with Crippen molar-refractivity contribution in [2.24, 2.45) is 0 Å². The molecule has 0 amide bonds. The van der Waals surface area contributed by atoms with E-state index >= 15 is 0 Å². The van der Waals surface area contributed by atoms with Gasteiger partial charge in [0.1, 0.15) is 0 Å². The number of rotatable bonds is 12. The first-order valence-electron chi connectivity index (χ1n) is 9.98. The molecule has 48 heavy (non-hydrogen) atoms. The quantitative estimate of drug-likeness (QED) is 0.0381. The summed E-state index contributed by atoms with van der Waals surface area (Å²) in [6.07, 6.45) is -11.0. The minimum absolute atomic E-state index is 0. The Morgan fingerprint density at radius 1 is 0.375 bits per heavy atom. The maximum atomic E-state index is 10.8. The predicted octanol–water partition coefficient (Wildman–Crippen LogP) is -4.97. The first-order chi connectivity index (χ1) is 20.1. The van der Waals surface area contributed by atoms with E-state index in [1.54, 1.807) is 0 Å². The van der Waals surface area contributed by atoms with Crippen LogP contribution in [0.3, 0.4) is 0 Å². The third kappa shape index (κ3) is 21.3. The molecule has 12 N–H and O–H groups in total. The molecule has 0 heterocycles. The van der Waals surface area contributed by atoms with Gasteiger partial charge in [-0.3, -0.25) is 14.4 Å². The van der Waals surface area contributed by atoms with Gasteiger partial charge in [0.15, 0.2) is 0 Å². The van der Waals surface area contributed by atoms with Gasteiger partial charge in [0.2, 0.25) is 0 Å². The fourth-order valence-electron chi connectivity index (χ4n) is 1.85. The molecule has 3 atom stereocenters. The van der Waals surface area contributed by atoms with Gasteiger partial charge in [-0.25, -0.2) is 43.2 Å². The SMILES string of the molecule is O=C(O)CC(O)(C(=O)O)C(=O)OC(=O)O.O=C(O)CC(O)(C(=O)O)C(=O)OC(=O)O.O=C(O)CC(O)(C(=O)O)C(=O)OC(=O)O.[Ca+2].[Ca+2].[Ca+2].[H-].[H-].[H-].[H-].[H-].[H-]. The molecule has 0 spiro atoms. The molecule has 0 aliphatic heterocycles. The van der Waals surface area contributed by atoms with Crippen molar-refractivity contribution < 1.29 is 142 Å². The molecule has 0 saturated heterocycles. The van der Waals surface area contributed by atoms with Gasteiger partial charge < -0.3 is 84.0 Å². The number of hydrogen-bond acceptors (Lipinski definition) is 18. The minimum Gasteiger partial charge on any atom is -1.00 e. The van der Waals surface area contributed by atoms with Gasteiger partial charge in [0.05, 0.1) is 19.3 Å². The van der Waals surface area contributed by atoms with Crippen LogP contribution in [0.15, 0.2) is 0 Å². The molecular weight excluding hydrogens is 768 g/mol. The fraction of sp³-hybridized carbons (Fsp3) is 0.333. The van der Waals surface area contributed by atoms with Gasteiger partial charge in [-0.1, -0.05) is 0 Å². The molecule has 0 aromatic carbocycles. The molecule has 27 nitrogen and oxygen atoms in total. The van der Waals surface area contributed by atoms with Gasteiger partial charge in [-0.05, 0) is 0 Å². The van der Waals surface area contributed by atoms with Crippen LogP contribution in [0.1, 0.15) is 27.8 Å². The smallest absolute Gasteiger partial charge is 1.00 e. The Balaban J connectivity index is -0.0000000452. The maximum Gasteiger partial charge on any atom is 2.00 e. The van der Waals surface area contributed by atoms with E-state index in [1.807, 2.05) is 0 Å². The van der Waals surface area contributed by atoms with Gasteiger partial charge in [-0.15, -0.1) is 0 Å². The van der Waals surface area contributed by atoms with E-state index in [-0.39, 0.29) is 122 Å². The van der Waals surface area contributed by atoms with Crippen LogP contribution in [0, 0.1) is 0 Å². The summed E-state index contributed by atoms with van der Waals surface area (Å²) in [5, 5.41) is 101. The maximum absolute atomic E-state index is 10.8. The zero-order valence-corrected chi connectivity index (χ0v) is 29.9. The van der Waals surface area contributed by atoms with E-state index in [4.69, 9.17) is 61.3 Å². The van der Waals surface area contributed by atoms with Crippen LogP contribution >= 0.6 is 0 Å². The monoisotopic (exact) mass is 792 g/mol. The van der Waals surface area contributed by atoms with E-state index in [0.717, 1.165) is 0 Å². The first kappa shape index (κ1) is 57.6. The van der Waals surface area contributed by atoms with Crippen LogP contribution in [0.4, 0.5) is 14.4 Å². The molecule has 3 unspecified atom stereocenters. The second-order valence-corrected chi connectivity index (χ2v) is 7.17. The Labute approximate surface area is 359 Å². The van der Waals surface area contributed by atoms with E-state index < -0.39 is 108 Å². The van der Waals surface area contributed by atoms with E-state index in [0.29, 0.717) is 0 Å². The topological polar surface area (TPSA) is 475 Å². The molecule has 0 aliphatic carbocycles. The van der Waals surface area contributed by atoms with E-state index in [1.165, 1.54) is 0 Å². The Morgan fingerprint density at radius 2 is 0.521 bits per heavy atom. The van der Waals surface area contributed by atoms with Crippen molar-refractivity contribution in [3.63, 3.8) is 0 Å². The number of carbonyl (C=O) groups is 12. The van der Waals surface area contributed by atoms with Crippen LogP contribution < -0.4 is 0 Å². The number of aliphatic carboxylic acids is 6. The van der Waals surface area contributed by atoms with Crippen molar-refractivity contribution >= 4 is 185 Å². The summed E-state index contributed by atoms with van der Waals surface area (Å²) in [6, 6.07) is 0. The average Bonchev–Trinajstić information content (AvgIpc) is 2.81. The Kier molecular flexibility index (Phi) is 30.3. The number of ether oxygens (including phenoxy) is 3. The number of carbonyl (C=O) groups excluding carboxylic acids is 3. The number of carboxylic acids is 6. The summed E-state index contributed by atoms with van der Waals surface area (Å²) in [7, 11) is 0. The minimum atomic E-state index is -3.41. The normalized spacial score (nSPS) is 12.8. The Morgan fingerprint density at radius 3 is 0.604 bits per heavy atom. The third-order valence-corrected chi connectivity index (χ3v) is 3.84. The first-order valence-corrected chi connectivity index (χ1v) is 9.98. The number of aliphatic hydroxyl groups is 3. The second-order valence-electron chi connectivity index (χ2n) is 7.17. The number of esters is 3. The predicted molar refractivity (Wildman–Crippen MR) is 141 cm³/mol. The standard InChI is InChI=1S/3C6H6O9.3Ca.6H/c3*7-2(8)1-6(14,3(9)10)4(11)15-5(12)13;;;;;;;;;/h3*14H,1H2,(H,7,8)(H,9,10)(H,12,13);;;;;;;;;/q;;;3*+2;6*-1. The van der Waals surface area contributed by atoms with Crippen molar-refractivity contribution in [1.82, 2.24) is 0 Å². The van der Waals surface area contributed by atoms with Gasteiger partial charge in [0, 0.05) is 0 Å². The van der Waals surface area contributed by atoms with Crippen molar-refractivity contribution in [3.8, 4) is 0 Å². The zero-order valence-electron chi connectivity index (χ0n) is 29.2. The molecule has 0 bridgehead atoms. The van der Waals surface area contributed by atoms with Crippen LogP contribution in [0.25, 0.3) is 0 Å². The van der Waals surface area contributed by atoms with Gasteiger partial charge in [0.25, 0.3) is 16.8 Å². The van der Waals surface area contributed by atoms with Crippen molar-refractivity contribution in [2.75, 3.05) is 0 Å². The van der Waals surface area contributed by atoms with Crippen LogP contribution in [-0.4, -0.2) is 263 Å². The molecule has 0 fully saturated rings. The third-order valence-electron chi connectivity index (χ3n) is 3.84. The van der Waals surface area contributed by atoms with E-state index in [2.05, 4.69) is 14.2 Å². The molecule has 30 heteroatoms. The van der Waals surface area contributed by atoms with Gasteiger partial charge in [-0.2, -0.15) is 0 Å². The summed E-state index contributed by atoms with van der Waals surface area (Å²) in [6.45, 7) is 0. The molecule has 0 rings (SSSR count). The molecule has 0 aromatic heterocycles. The molecular formula is C18H24Ca3O27. The zero-order chi connectivity index (χ0) is 36.7. The van der Waals surface area contributed by atoms with Crippen LogP contribution in [0.5, 0.6) is 0 Å². The largest absolute Gasteiger partial charge is 2.00 e. The summed E-state index contributed by atoms with van der Waals surface area (Å²) >= 11 is 0. The van der Waals surface area contributed by atoms with Crippen molar-refractivity contribution in [2.45, 2.75) is 36.1 Å². The van der Waals surface area contributed by atoms with Crippen molar-refractivity contribution in [3.05, 3.63) is 0 Å². The Bertz CT molecular complexity index is 1150. The fourth-order valence-corrected chi connectivity index (χ4v) is 1.85. The molecule has 0 aliphatic rings. The van der Waals surface area contributed by atoms with Crippen LogP contribution in [-0.2, 0) is 57.4 Å². The molecule has 264 valence electrons. The number of carboxylic acid groups (broad SMARTS) is 9. The summed E-state index contributed by atoms with van der Waals surface area (Å²) in [4.78, 5) is 123. The van der Waals surface area contributed by atoms with E-state index in [9.17, 15) is 57.5 Å². The molecule has 0 saturated carbocycles. The summed E-state index contributed by atoms with van der Waals surface area (Å²) < 4.78 is 10.1. The molecule has 0 aromatic rings. The van der Waals surface area contributed by atoms with Crippen LogP contribution in [0.2, 0.25) is 0 Å². The second kappa shape index (κ2) is 25.3. The average molecular weight is 793 g/mol. The van der Waals surface area contributed by atoms with Gasteiger partial charge >= 0.3 is 185 Å². The summed E-state index contributed by atoms with van der Waals surface area (Å²) in [5.41, 5.74) is -10.2. The Hall–Kier alpha value is -2.70. The molecule has 0 radical (unpaired) electrons.